The first-order chi connectivity index (χ1) is 8.78. The maximum Gasteiger partial charge on any atom is 0.0531 e. The molecule has 1 N–H and O–H groups in total. The molecule has 0 aromatic heterocycles. The lowest BCUT2D eigenvalue weighted by Crippen LogP contribution is -2.46. The van der Waals surface area contributed by atoms with E-state index in [-0.39, 0.29) is 0 Å². The Balaban J connectivity index is 1.85. The Morgan fingerprint density at radius 1 is 1.33 bits per heavy atom. The molecule has 0 aromatic carbocycles. The van der Waals surface area contributed by atoms with E-state index in [1.807, 2.05) is 7.11 Å². The second-order valence-electron chi connectivity index (χ2n) is 6.36. The molecule has 2 heterocycles. The van der Waals surface area contributed by atoms with Gasteiger partial charge < -0.3 is 15.0 Å². The van der Waals surface area contributed by atoms with E-state index in [0.29, 0.717) is 5.41 Å². The predicted octanol–water partition coefficient (Wildman–Crippen LogP) is 2.12. The van der Waals surface area contributed by atoms with Crippen LogP contribution in [0.5, 0.6) is 0 Å². The van der Waals surface area contributed by atoms with Crippen LogP contribution >= 0.6 is 0 Å². The van der Waals surface area contributed by atoms with Gasteiger partial charge in [-0.05, 0) is 51.2 Å². The van der Waals surface area contributed by atoms with Crippen molar-refractivity contribution in [3.63, 3.8) is 0 Å². The molecule has 0 spiro atoms. The lowest BCUT2D eigenvalue weighted by atomic mass is 9.79. The van der Waals surface area contributed by atoms with Gasteiger partial charge in [0.2, 0.25) is 0 Å². The fourth-order valence-corrected chi connectivity index (χ4v) is 3.79. The highest BCUT2D eigenvalue weighted by molar-refractivity contribution is 4.89. The molecule has 1 atom stereocenters. The third kappa shape index (κ3) is 3.69. The number of likely N-dealkylation sites (tertiary alicyclic amines) is 1. The molecular formula is C15H30N2O. The van der Waals surface area contributed by atoms with Crippen LogP contribution in [0.4, 0.5) is 0 Å². The van der Waals surface area contributed by atoms with Gasteiger partial charge in [-0.2, -0.15) is 0 Å². The minimum Gasteiger partial charge on any atom is -0.384 e. The summed E-state index contributed by atoms with van der Waals surface area (Å²) in [7, 11) is 1.85. The summed E-state index contributed by atoms with van der Waals surface area (Å²) in [6.07, 6.45) is 6.71. The van der Waals surface area contributed by atoms with Crippen molar-refractivity contribution in [2.45, 2.75) is 39.0 Å². The van der Waals surface area contributed by atoms with E-state index in [4.69, 9.17) is 4.74 Å². The summed E-state index contributed by atoms with van der Waals surface area (Å²) < 4.78 is 5.51. The third-order valence-corrected chi connectivity index (χ3v) is 4.74. The molecule has 1 unspecified atom stereocenters. The molecular weight excluding hydrogens is 224 g/mol. The Morgan fingerprint density at radius 3 is 2.78 bits per heavy atom. The lowest BCUT2D eigenvalue weighted by molar-refractivity contribution is 0.0271. The molecule has 0 aliphatic carbocycles. The highest BCUT2D eigenvalue weighted by Crippen LogP contribution is 2.32. The van der Waals surface area contributed by atoms with Crippen LogP contribution in [0.15, 0.2) is 0 Å². The Morgan fingerprint density at radius 2 is 2.11 bits per heavy atom. The molecule has 18 heavy (non-hydrogen) atoms. The number of nitrogens with one attached hydrogen (secondary N) is 1. The number of nitrogens with zero attached hydrogens (tertiary/aromatic N) is 1. The van der Waals surface area contributed by atoms with Gasteiger partial charge in [0.25, 0.3) is 0 Å². The normalized spacial score (nSPS) is 28.7. The van der Waals surface area contributed by atoms with Crippen molar-refractivity contribution in [2.24, 2.45) is 11.3 Å². The maximum atomic E-state index is 5.51. The second kappa shape index (κ2) is 6.88. The van der Waals surface area contributed by atoms with Crippen LogP contribution in [0, 0.1) is 11.3 Å². The standard InChI is InChI=1S/C15H30N2O/c1-3-4-14-5-10-17(11-14)12-15(13-18-2)6-8-16-9-7-15/h14,16H,3-13H2,1-2H3. The topological polar surface area (TPSA) is 24.5 Å². The summed E-state index contributed by atoms with van der Waals surface area (Å²) in [4.78, 5) is 2.70. The van der Waals surface area contributed by atoms with E-state index < -0.39 is 0 Å². The number of hydrogen-bond donors (Lipinski definition) is 1. The predicted molar refractivity (Wildman–Crippen MR) is 75.9 cm³/mol. The van der Waals surface area contributed by atoms with Gasteiger partial charge in [-0.1, -0.05) is 13.3 Å². The first kappa shape index (κ1) is 14.3. The van der Waals surface area contributed by atoms with Crippen LogP contribution in [0.3, 0.4) is 0 Å². The Kier molecular flexibility index (Phi) is 5.46. The van der Waals surface area contributed by atoms with Crippen LogP contribution in [-0.4, -0.2) is 51.3 Å². The van der Waals surface area contributed by atoms with Gasteiger partial charge in [-0.25, -0.2) is 0 Å². The van der Waals surface area contributed by atoms with Crippen molar-refractivity contribution in [3.8, 4) is 0 Å². The molecule has 2 aliphatic heterocycles. The zero-order valence-corrected chi connectivity index (χ0v) is 12.2. The average molecular weight is 254 g/mol. The van der Waals surface area contributed by atoms with Gasteiger partial charge >= 0.3 is 0 Å². The Hall–Kier alpha value is -0.120. The molecule has 3 nitrogen and oxygen atoms in total. The number of hydrogen-bond acceptors (Lipinski definition) is 3. The van der Waals surface area contributed by atoms with E-state index >= 15 is 0 Å². The summed E-state index contributed by atoms with van der Waals surface area (Å²) in [6, 6.07) is 0. The van der Waals surface area contributed by atoms with Gasteiger partial charge in [0.15, 0.2) is 0 Å². The summed E-state index contributed by atoms with van der Waals surface area (Å²) in [5.41, 5.74) is 0.418. The summed E-state index contributed by atoms with van der Waals surface area (Å²) in [5, 5.41) is 3.48. The van der Waals surface area contributed by atoms with E-state index in [1.165, 1.54) is 51.7 Å². The highest BCUT2D eigenvalue weighted by Gasteiger charge is 2.35. The summed E-state index contributed by atoms with van der Waals surface area (Å²) in [5.74, 6) is 0.955. The zero-order chi connectivity index (χ0) is 12.8. The van der Waals surface area contributed by atoms with Crippen molar-refractivity contribution >= 4 is 0 Å². The Labute approximate surface area is 112 Å². The lowest BCUT2D eigenvalue weighted by Gasteiger charge is -2.40. The molecule has 0 bridgehead atoms. The number of methoxy groups -OCH3 is 1. The van der Waals surface area contributed by atoms with Crippen LogP contribution in [0.25, 0.3) is 0 Å². The molecule has 2 saturated heterocycles. The SMILES string of the molecule is CCCC1CCN(CC2(COC)CCNCC2)C1. The minimum atomic E-state index is 0.418. The monoisotopic (exact) mass is 254 g/mol. The minimum absolute atomic E-state index is 0.418. The molecule has 2 aliphatic rings. The van der Waals surface area contributed by atoms with Crippen molar-refractivity contribution in [2.75, 3.05) is 46.4 Å². The van der Waals surface area contributed by atoms with Crippen molar-refractivity contribution in [3.05, 3.63) is 0 Å². The smallest absolute Gasteiger partial charge is 0.0531 e. The van der Waals surface area contributed by atoms with Gasteiger partial charge in [0.1, 0.15) is 0 Å². The molecule has 2 rings (SSSR count). The van der Waals surface area contributed by atoms with Crippen LogP contribution < -0.4 is 5.32 Å². The number of rotatable bonds is 6. The van der Waals surface area contributed by atoms with Crippen LogP contribution in [0.1, 0.15) is 39.0 Å². The molecule has 106 valence electrons. The summed E-state index contributed by atoms with van der Waals surface area (Å²) >= 11 is 0. The molecule has 0 radical (unpaired) electrons. The van der Waals surface area contributed by atoms with Gasteiger partial charge in [0.05, 0.1) is 6.61 Å². The van der Waals surface area contributed by atoms with E-state index in [0.717, 1.165) is 25.6 Å². The number of ether oxygens (including phenoxy) is 1. The highest BCUT2D eigenvalue weighted by atomic mass is 16.5. The van der Waals surface area contributed by atoms with Gasteiger partial charge in [-0.15, -0.1) is 0 Å². The molecule has 3 heteroatoms. The van der Waals surface area contributed by atoms with Crippen LogP contribution in [-0.2, 0) is 4.74 Å². The first-order valence-electron chi connectivity index (χ1n) is 7.70. The van der Waals surface area contributed by atoms with Gasteiger partial charge in [-0.3, -0.25) is 0 Å². The fraction of sp³-hybridized carbons (Fsp3) is 1.00. The van der Waals surface area contributed by atoms with E-state index in [2.05, 4.69) is 17.1 Å². The quantitative estimate of drug-likeness (QED) is 0.786. The van der Waals surface area contributed by atoms with Crippen molar-refractivity contribution < 1.29 is 4.74 Å². The van der Waals surface area contributed by atoms with Gasteiger partial charge in [0, 0.05) is 25.6 Å². The maximum absolute atomic E-state index is 5.51. The first-order valence-corrected chi connectivity index (χ1v) is 7.70. The molecule has 2 fully saturated rings. The van der Waals surface area contributed by atoms with Crippen LogP contribution in [0.2, 0.25) is 0 Å². The van der Waals surface area contributed by atoms with Crippen molar-refractivity contribution in [1.29, 1.82) is 0 Å². The van der Waals surface area contributed by atoms with Crippen molar-refractivity contribution in [1.82, 2.24) is 10.2 Å². The molecule has 0 aromatic rings. The Bertz CT molecular complexity index is 233. The molecule has 0 saturated carbocycles. The average Bonchev–Trinajstić information content (AvgIpc) is 2.78. The van der Waals surface area contributed by atoms with E-state index in [9.17, 15) is 0 Å². The zero-order valence-electron chi connectivity index (χ0n) is 12.2. The molecule has 0 amide bonds. The second-order valence-corrected chi connectivity index (χ2v) is 6.36. The van der Waals surface area contributed by atoms with E-state index in [1.54, 1.807) is 0 Å². The summed E-state index contributed by atoms with van der Waals surface area (Å²) in [6.45, 7) is 9.45. The largest absolute Gasteiger partial charge is 0.384 e. The fourth-order valence-electron chi connectivity index (χ4n) is 3.79. The number of piperidine rings is 1. The third-order valence-electron chi connectivity index (χ3n) is 4.74.